The minimum absolute atomic E-state index is 0.0107. The average molecular weight is 564 g/mol. The molecule has 1 N–H and O–H groups in total. The van der Waals surface area contributed by atoms with E-state index in [0.717, 1.165) is 12.1 Å². The van der Waals surface area contributed by atoms with Crippen LogP contribution in [0.1, 0.15) is 60.5 Å². The Labute approximate surface area is 239 Å². The van der Waals surface area contributed by atoms with Crippen LogP contribution >= 0.6 is 11.6 Å². The van der Waals surface area contributed by atoms with Crippen molar-refractivity contribution in [1.29, 1.82) is 0 Å². The predicted octanol–water partition coefficient (Wildman–Crippen LogP) is 7.26. The number of hydrogen-bond donors (Lipinski definition) is 1. The van der Waals surface area contributed by atoms with E-state index in [1.165, 1.54) is 17.6 Å². The lowest BCUT2D eigenvalue weighted by atomic mass is 10.2. The van der Waals surface area contributed by atoms with Gasteiger partial charge in [-0.25, -0.2) is 5.43 Å². The van der Waals surface area contributed by atoms with Crippen LogP contribution in [0.25, 0.3) is 5.69 Å². The zero-order valence-corrected chi connectivity index (χ0v) is 24.1. The van der Waals surface area contributed by atoms with Crippen molar-refractivity contribution in [2.24, 2.45) is 5.10 Å². The highest BCUT2D eigenvalue weighted by atomic mass is 35.5. The van der Waals surface area contributed by atoms with Crippen molar-refractivity contribution in [3.63, 3.8) is 0 Å². The highest BCUT2D eigenvalue weighted by molar-refractivity contribution is 6.32. The zero-order chi connectivity index (χ0) is 28.6. The molecule has 0 aliphatic carbocycles. The Morgan fingerprint density at radius 1 is 1.05 bits per heavy atom. The summed E-state index contributed by atoms with van der Waals surface area (Å²) in [6, 6.07) is 18.7. The number of carbonyl (C=O) groups is 1. The molecule has 0 radical (unpaired) electrons. The van der Waals surface area contributed by atoms with Crippen molar-refractivity contribution in [3.8, 4) is 22.9 Å². The van der Waals surface area contributed by atoms with Gasteiger partial charge in [0.15, 0.2) is 17.3 Å². The van der Waals surface area contributed by atoms with Crippen molar-refractivity contribution in [3.05, 3.63) is 94.2 Å². The van der Waals surface area contributed by atoms with Crippen molar-refractivity contribution in [1.82, 2.24) is 9.99 Å². The maximum Gasteiger partial charge on any atom is 0.307 e. The molecule has 2 aromatic heterocycles. The molecule has 0 saturated heterocycles. The predicted molar refractivity (Wildman–Crippen MR) is 156 cm³/mol. The summed E-state index contributed by atoms with van der Waals surface area (Å²) in [5.41, 5.74) is 6.51. The van der Waals surface area contributed by atoms with Gasteiger partial charge in [0.05, 0.1) is 23.9 Å². The van der Waals surface area contributed by atoms with E-state index in [4.69, 9.17) is 30.2 Å². The summed E-state index contributed by atoms with van der Waals surface area (Å²) in [5.74, 6) is 1.85. The molecule has 2 aromatic carbocycles. The van der Waals surface area contributed by atoms with Crippen LogP contribution < -0.4 is 19.6 Å². The number of benzene rings is 2. The van der Waals surface area contributed by atoms with Crippen LogP contribution in [0.4, 0.5) is 0 Å². The molecule has 0 unspecified atom stereocenters. The number of aryl methyl sites for hydroxylation is 2. The molecule has 4 aromatic rings. The molecule has 2 heterocycles. The van der Waals surface area contributed by atoms with Gasteiger partial charge in [-0.1, -0.05) is 18.5 Å². The first-order valence-corrected chi connectivity index (χ1v) is 13.6. The molecule has 0 saturated carbocycles. The average Bonchev–Trinajstić information content (AvgIpc) is 3.56. The molecule has 4 rings (SSSR count). The quantitative estimate of drug-likeness (QED) is 0.145. The molecular formula is C31H34ClN3O5. The highest BCUT2D eigenvalue weighted by Gasteiger charge is 2.15. The number of rotatable bonds is 12. The van der Waals surface area contributed by atoms with E-state index in [-0.39, 0.29) is 18.5 Å². The number of aromatic nitrogens is 1. The molecular weight excluding hydrogens is 530 g/mol. The molecule has 0 bridgehead atoms. The monoisotopic (exact) mass is 563 g/mol. The fourth-order valence-electron chi connectivity index (χ4n) is 4.04. The number of halogens is 1. The molecule has 9 heteroatoms. The summed E-state index contributed by atoms with van der Waals surface area (Å²) >= 11 is 6.45. The largest absolute Gasteiger partial charge is 0.490 e. The van der Waals surface area contributed by atoms with Gasteiger partial charge in [-0.15, -0.1) is 0 Å². The van der Waals surface area contributed by atoms with Gasteiger partial charge in [-0.3, -0.25) is 4.79 Å². The fraction of sp³-hybridized carbons (Fsp3) is 0.290. The Kier molecular flexibility index (Phi) is 9.56. The lowest BCUT2D eigenvalue weighted by molar-refractivity contribution is 0.0923. The number of furan rings is 1. The first-order valence-electron chi connectivity index (χ1n) is 13.2. The topological polar surface area (TPSA) is 87.2 Å². The van der Waals surface area contributed by atoms with Crippen LogP contribution in [-0.2, 0) is 6.61 Å². The van der Waals surface area contributed by atoms with Crippen molar-refractivity contribution < 1.29 is 23.4 Å². The number of ether oxygens (including phenoxy) is 3. The normalized spacial score (nSPS) is 11.9. The van der Waals surface area contributed by atoms with Gasteiger partial charge in [0.1, 0.15) is 18.1 Å². The smallest absolute Gasteiger partial charge is 0.307 e. The number of nitrogens with zero attached hydrogens (tertiary/aromatic N) is 2. The van der Waals surface area contributed by atoms with Crippen LogP contribution in [0, 0.1) is 13.8 Å². The molecule has 210 valence electrons. The molecule has 40 heavy (non-hydrogen) atoms. The minimum Gasteiger partial charge on any atom is -0.490 e. The maximum atomic E-state index is 12.5. The van der Waals surface area contributed by atoms with E-state index < -0.39 is 5.91 Å². The van der Waals surface area contributed by atoms with E-state index in [2.05, 4.69) is 41.1 Å². The number of amides is 1. The van der Waals surface area contributed by atoms with E-state index in [0.29, 0.717) is 40.2 Å². The first kappa shape index (κ1) is 28.8. The third kappa shape index (κ3) is 7.07. The second-order valence-electron chi connectivity index (χ2n) is 9.30. The van der Waals surface area contributed by atoms with Crippen molar-refractivity contribution in [2.45, 2.75) is 53.8 Å². The third-order valence-corrected chi connectivity index (χ3v) is 6.52. The Morgan fingerprint density at radius 2 is 1.77 bits per heavy atom. The van der Waals surface area contributed by atoms with Crippen molar-refractivity contribution in [2.75, 3.05) is 6.61 Å². The van der Waals surface area contributed by atoms with Crippen LogP contribution in [-0.4, -0.2) is 29.4 Å². The summed E-state index contributed by atoms with van der Waals surface area (Å²) in [4.78, 5) is 12.5. The van der Waals surface area contributed by atoms with Gasteiger partial charge >= 0.3 is 5.91 Å². The summed E-state index contributed by atoms with van der Waals surface area (Å²) < 4.78 is 25.3. The number of carbonyl (C=O) groups excluding carboxylic acids is 1. The van der Waals surface area contributed by atoms with E-state index in [9.17, 15) is 4.79 Å². The minimum atomic E-state index is -0.489. The van der Waals surface area contributed by atoms with Gasteiger partial charge in [0.25, 0.3) is 0 Å². The maximum absolute atomic E-state index is 12.5. The van der Waals surface area contributed by atoms with Gasteiger partial charge in [0, 0.05) is 17.1 Å². The summed E-state index contributed by atoms with van der Waals surface area (Å²) in [7, 11) is 0. The van der Waals surface area contributed by atoms with E-state index in [1.54, 1.807) is 24.3 Å². The van der Waals surface area contributed by atoms with Crippen LogP contribution in [0.15, 0.2) is 70.2 Å². The lowest BCUT2D eigenvalue weighted by Gasteiger charge is -2.18. The van der Waals surface area contributed by atoms with Gasteiger partial charge in [-0.05, 0) is 100 Å². The van der Waals surface area contributed by atoms with Gasteiger partial charge in [0.2, 0.25) is 0 Å². The molecule has 1 amide bonds. The lowest BCUT2D eigenvalue weighted by Crippen LogP contribution is -2.16. The van der Waals surface area contributed by atoms with Gasteiger partial charge < -0.3 is 23.2 Å². The number of nitrogens with one attached hydrogen (secondary N) is 1. The zero-order valence-electron chi connectivity index (χ0n) is 23.4. The first-order chi connectivity index (χ1) is 19.3. The standard InChI is InChI=1S/C31H34ClN3O5/c1-6-22(5)39-30-27(32)16-23(17-29(30)37-7-2)18-33-34-31(36)28-15-14-26(40-28)19-38-25-12-10-24(11-13-25)35-20(3)8-9-21(35)4/h8-18,22H,6-7,19H2,1-5H3,(H,34,36)/b33-18+/t22-/m0/s1. The Balaban J connectivity index is 1.33. The SMILES string of the molecule is CCOc1cc(/C=N/NC(=O)c2ccc(COc3ccc(-n4c(C)ccc4C)cc3)o2)cc(Cl)c1O[C@@H](C)CC. The Morgan fingerprint density at radius 3 is 2.45 bits per heavy atom. The van der Waals surface area contributed by atoms with E-state index in [1.807, 2.05) is 45.0 Å². The molecule has 0 aliphatic rings. The van der Waals surface area contributed by atoms with Crippen LogP contribution in [0.3, 0.4) is 0 Å². The fourth-order valence-corrected chi connectivity index (χ4v) is 4.31. The molecule has 1 atom stereocenters. The molecule has 0 aliphatic heterocycles. The Hall–Kier alpha value is -4.17. The molecule has 8 nitrogen and oxygen atoms in total. The Bertz CT molecular complexity index is 1450. The summed E-state index contributed by atoms with van der Waals surface area (Å²) in [6.45, 7) is 10.7. The second kappa shape index (κ2) is 13.3. The summed E-state index contributed by atoms with van der Waals surface area (Å²) in [6.07, 6.45) is 2.30. The molecule has 0 fully saturated rings. The van der Waals surface area contributed by atoms with Crippen molar-refractivity contribution >= 4 is 23.7 Å². The third-order valence-electron chi connectivity index (χ3n) is 6.24. The van der Waals surface area contributed by atoms with Crippen LogP contribution in [0.2, 0.25) is 5.02 Å². The summed E-state index contributed by atoms with van der Waals surface area (Å²) in [5, 5.41) is 4.44. The van der Waals surface area contributed by atoms with Crippen LogP contribution in [0.5, 0.6) is 17.2 Å². The van der Waals surface area contributed by atoms with Gasteiger partial charge in [-0.2, -0.15) is 5.10 Å². The number of hydrazone groups is 1. The van der Waals surface area contributed by atoms with E-state index >= 15 is 0 Å². The number of hydrogen-bond acceptors (Lipinski definition) is 6. The molecule has 0 spiro atoms. The highest BCUT2D eigenvalue weighted by Crippen LogP contribution is 2.37. The second-order valence-corrected chi connectivity index (χ2v) is 9.71.